The van der Waals surface area contributed by atoms with Crippen LogP contribution in [0.15, 0.2) is 42.6 Å². The molecule has 0 radical (unpaired) electrons. The highest BCUT2D eigenvalue weighted by atomic mass is 16.5. The molecule has 0 N–H and O–H groups in total. The Balaban J connectivity index is 1.56. The number of fused-ring (bicyclic) bond motifs is 1. The second kappa shape index (κ2) is 8.00. The molecule has 1 aromatic heterocycles. The van der Waals surface area contributed by atoms with E-state index in [0.717, 1.165) is 43.5 Å². The van der Waals surface area contributed by atoms with Gasteiger partial charge in [-0.2, -0.15) is 0 Å². The number of aryl methyl sites for hydroxylation is 2. The monoisotopic (exact) mass is 350 g/mol. The number of hydrogen-bond donors (Lipinski definition) is 0. The van der Waals surface area contributed by atoms with Gasteiger partial charge in [-0.3, -0.25) is 9.78 Å². The third kappa shape index (κ3) is 3.96. The molecule has 2 aliphatic rings. The van der Waals surface area contributed by atoms with E-state index in [1.165, 1.54) is 24.0 Å². The molecule has 1 aliphatic heterocycles. The summed E-state index contributed by atoms with van der Waals surface area (Å²) < 4.78 is 5.78. The Morgan fingerprint density at radius 1 is 1.12 bits per heavy atom. The van der Waals surface area contributed by atoms with Crippen LogP contribution < -0.4 is 0 Å². The summed E-state index contributed by atoms with van der Waals surface area (Å²) in [6.07, 6.45) is 8.72. The van der Waals surface area contributed by atoms with Crippen LogP contribution in [-0.2, 0) is 24.1 Å². The van der Waals surface area contributed by atoms with Crippen molar-refractivity contribution in [2.75, 3.05) is 13.2 Å². The maximum atomic E-state index is 13.3. The Hall–Kier alpha value is -2.20. The molecule has 26 heavy (non-hydrogen) atoms. The number of amides is 1. The fourth-order valence-electron chi connectivity index (χ4n) is 3.99. The summed E-state index contributed by atoms with van der Waals surface area (Å²) in [6, 6.07) is 12.1. The van der Waals surface area contributed by atoms with Crippen molar-refractivity contribution < 1.29 is 9.53 Å². The van der Waals surface area contributed by atoms with Gasteiger partial charge in [0.2, 0.25) is 0 Å². The van der Waals surface area contributed by atoms with Crippen LogP contribution in [0, 0.1) is 0 Å². The lowest BCUT2D eigenvalue weighted by atomic mass is 9.90. The predicted molar refractivity (Wildman–Crippen MR) is 101 cm³/mol. The Morgan fingerprint density at radius 2 is 2.00 bits per heavy atom. The van der Waals surface area contributed by atoms with Crippen molar-refractivity contribution in [3.63, 3.8) is 0 Å². The SMILES string of the molecule is O=C(c1ccc2c(c1)CCCC2)N(Cc1ccccn1)C[C@H]1CCCO1. The Kier molecular flexibility index (Phi) is 5.30. The lowest BCUT2D eigenvalue weighted by Crippen LogP contribution is -2.37. The maximum Gasteiger partial charge on any atom is 0.254 e. The van der Waals surface area contributed by atoms with Gasteiger partial charge in [0.15, 0.2) is 0 Å². The van der Waals surface area contributed by atoms with Crippen molar-refractivity contribution in [3.8, 4) is 0 Å². The number of pyridine rings is 1. The molecule has 1 fully saturated rings. The number of aromatic nitrogens is 1. The molecule has 2 aromatic rings. The fourth-order valence-corrected chi connectivity index (χ4v) is 3.99. The van der Waals surface area contributed by atoms with E-state index in [1.54, 1.807) is 6.20 Å². The highest BCUT2D eigenvalue weighted by molar-refractivity contribution is 5.94. The van der Waals surface area contributed by atoms with Gasteiger partial charge in [-0.25, -0.2) is 0 Å². The minimum Gasteiger partial charge on any atom is -0.376 e. The van der Waals surface area contributed by atoms with E-state index in [1.807, 2.05) is 29.2 Å². The van der Waals surface area contributed by atoms with E-state index in [9.17, 15) is 4.79 Å². The lowest BCUT2D eigenvalue weighted by molar-refractivity contribution is 0.0504. The second-order valence-corrected chi connectivity index (χ2v) is 7.33. The van der Waals surface area contributed by atoms with E-state index >= 15 is 0 Å². The predicted octanol–water partition coefficient (Wildman–Crippen LogP) is 3.78. The van der Waals surface area contributed by atoms with Crippen LogP contribution in [0.3, 0.4) is 0 Å². The van der Waals surface area contributed by atoms with Gasteiger partial charge >= 0.3 is 0 Å². The van der Waals surface area contributed by atoms with Gasteiger partial charge < -0.3 is 9.64 Å². The molecule has 1 aliphatic carbocycles. The average molecular weight is 350 g/mol. The number of carbonyl (C=O) groups excluding carboxylic acids is 1. The highest BCUT2D eigenvalue weighted by Gasteiger charge is 2.24. The summed E-state index contributed by atoms with van der Waals surface area (Å²) in [5.74, 6) is 0.0829. The highest BCUT2D eigenvalue weighted by Crippen LogP contribution is 2.24. The van der Waals surface area contributed by atoms with Crippen molar-refractivity contribution in [1.82, 2.24) is 9.88 Å². The second-order valence-electron chi connectivity index (χ2n) is 7.33. The molecular formula is C22H26N2O2. The number of ether oxygens (including phenoxy) is 1. The zero-order valence-corrected chi connectivity index (χ0v) is 15.2. The quantitative estimate of drug-likeness (QED) is 0.824. The first kappa shape index (κ1) is 17.2. The van der Waals surface area contributed by atoms with E-state index in [2.05, 4.69) is 17.1 Å². The normalized spacial score (nSPS) is 19.2. The minimum absolute atomic E-state index is 0.0829. The number of benzene rings is 1. The van der Waals surface area contributed by atoms with Gasteiger partial charge in [-0.15, -0.1) is 0 Å². The van der Waals surface area contributed by atoms with E-state index < -0.39 is 0 Å². The number of carbonyl (C=O) groups is 1. The standard InChI is InChI=1S/C22H26N2O2/c25-22(19-11-10-17-6-1-2-7-18(17)14-19)24(16-21-9-5-13-26-21)15-20-8-3-4-12-23-20/h3-4,8,10-12,14,21H,1-2,5-7,9,13,15-16H2/t21-/m1/s1. The van der Waals surface area contributed by atoms with Crippen LogP contribution in [0.4, 0.5) is 0 Å². The van der Waals surface area contributed by atoms with E-state index in [4.69, 9.17) is 4.74 Å². The lowest BCUT2D eigenvalue weighted by Gasteiger charge is -2.26. The van der Waals surface area contributed by atoms with E-state index in [-0.39, 0.29) is 12.0 Å². The molecule has 4 nitrogen and oxygen atoms in total. The zero-order valence-electron chi connectivity index (χ0n) is 15.2. The molecule has 2 heterocycles. The first-order valence-electron chi connectivity index (χ1n) is 9.72. The molecule has 1 amide bonds. The van der Waals surface area contributed by atoms with Gasteiger partial charge in [0.25, 0.3) is 5.91 Å². The smallest absolute Gasteiger partial charge is 0.254 e. The van der Waals surface area contributed by atoms with Gasteiger partial charge in [-0.05, 0) is 73.9 Å². The van der Waals surface area contributed by atoms with E-state index in [0.29, 0.717) is 13.1 Å². The molecule has 0 bridgehead atoms. The Bertz CT molecular complexity index is 754. The van der Waals surface area contributed by atoms with Crippen LogP contribution >= 0.6 is 0 Å². The van der Waals surface area contributed by atoms with Crippen LogP contribution in [0.25, 0.3) is 0 Å². The van der Waals surface area contributed by atoms with Crippen molar-refractivity contribution in [3.05, 3.63) is 65.0 Å². The molecule has 1 aromatic carbocycles. The number of hydrogen-bond acceptors (Lipinski definition) is 3. The molecule has 4 heteroatoms. The molecule has 136 valence electrons. The van der Waals surface area contributed by atoms with Gasteiger partial charge in [-0.1, -0.05) is 12.1 Å². The molecule has 0 spiro atoms. The molecule has 1 saturated heterocycles. The van der Waals surface area contributed by atoms with Crippen molar-refractivity contribution >= 4 is 5.91 Å². The minimum atomic E-state index is 0.0829. The van der Waals surface area contributed by atoms with Crippen molar-refractivity contribution in [2.24, 2.45) is 0 Å². The molecule has 0 unspecified atom stereocenters. The first-order chi connectivity index (χ1) is 12.8. The molecular weight excluding hydrogens is 324 g/mol. The van der Waals surface area contributed by atoms with Crippen LogP contribution in [0.2, 0.25) is 0 Å². The zero-order chi connectivity index (χ0) is 17.8. The summed E-state index contributed by atoms with van der Waals surface area (Å²) >= 11 is 0. The van der Waals surface area contributed by atoms with Gasteiger partial charge in [0.05, 0.1) is 18.3 Å². The summed E-state index contributed by atoms with van der Waals surface area (Å²) in [6.45, 7) is 1.96. The van der Waals surface area contributed by atoms with Crippen LogP contribution in [0.5, 0.6) is 0 Å². The average Bonchev–Trinajstić information content (AvgIpc) is 3.20. The molecule has 0 saturated carbocycles. The summed E-state index contributed by atoms with van der Waals surface area (Å²) in [7, 11) is 0. The first-order valence-corrected chi connectivity index (χ1v) is 9.72. The summed E-state index contributed by atoms with van der Waals surface area (Å²) in [4.78, 5) is 19.6. The number of nitrogens with zero attached hydrogens (tertiary/aromatic N) is 2. The topological polar surface area (TPSA) is 42.4 Å². The summed E-state index contributed by atoms with van der Waals surface area (Å²) in [5, 5.41) is 0. The maximum absolute atomic E-state index is 13.3. The van der Waals surface area contributed by atoms with Crippen molar-refractivity contribution in [1.29, 1.82) is 0 Å². The molecule has 1 atom stereocenters. The van der Waals surface area contributed by atoms with Gasteiger partial charge in [0, 0.05) is 24.9 Å². The van der Waals surface area contributed by atoms with Crippen LogP contribution in [-0.4, -0.2) is 35.0 Å². The molecule has 4 rings (SSSR count). The third-order valence-corrected chi connectivity index (χ3v) is 5.41. The fraction of sp³-hybridized carbons (Fsp3) is 0.455. The summed E-state index contributed by atoms with van der Waals surface area (Å²) in [5.41, 5.74) is 4.46. The third-order valence-electron chi connectivity index (χ3n) is 5.41. The Labute approximate surface area is 155 Å². The van der Waals surface area contributed by atoms with Crippen molar-refractivity contribution in [2.45, 2.75) is 51.2 Å². The van der Waals surface area contributed by atoms with Crippen LogP contribution in [0.1, 0.15) is 52.9 Å². The Morgan fingerprint density at radius 3 is 2.77 bits per heavy atom. The number of rotatable bonds is 5. The van der Waals surface area contributed by atoms with Gasteiger partial charge in [0.1, 0.15) is 0 Å². The largest absolute Gasteiger partial charge is 0.376 e.